The third kappa shape index (κ3) is 15.8. The molecule has 0 radical (unpaired) electrons. The highest BCUT2D eigenvalue weighted by atomic mass is 19.1. The summed E-state index contributed by atoms with van der Waals surface area (Å²) in [6.45, 7) is 0.464. The molecular formula is C53H50F2N2O25. The van der Waals surface area contributed by atoms with E-state index in [1.54, 1.807) is 13.0 Å². The Bertz CT molecular complexity index is 3080. The van der Waals surface area contributed by atoms with Gasteiger partial charge >= 0.3 is 65.7 Å². The second-order valence-corrected chi connectivity index (χ2v) is 17.2. The van der Waals surface area contributed by atoms with Crippen molar-refractivity contribution in [3.05, 3.63) is 94.0 Å². The summed E-state index contributed by atoms with van der Waals surface area (Å²) in [5.41, 5.74) is -3.28. The molecule has 0 saturated heterocycles. The van der Waals surface area contributed by atoms with Crippen molar-refractivity contribution in [3.8, 4) is 34.5 Å². The van der Waals surface area contributed by atoms with Gasteiger partial charge in [-0.25, -0.2) is 13.6 Å². The number of ether oxygens (including phenoxy) is 14. The number of anilines is 2. The summed E-state index contributed by atoms with van der Waals surface area (Å²) in [7, 11) is 0. The minimum atomic E-state index is -2.41. The Hall–Kier alpha value is -10.1. The third-order valence-electron chi connectivity index (χ3n) is 11.1. The first-order valence-corrected chi connectivity index (χ1v) is 24.0. The molecule has 0 bridgehead atoms. The van der Waals surface area contributed by atoms with Crippen LogP contribution in [0.1, 0.15) is 74.2 Å². The molecule has 2 aliphatic heterocycles. The van der Waals surface area contributed by atoms with Gasteiger partial charge in [0.2, 0.25) is 27.2 Å². The summed E-state index contributed by atoms with van der Waals surface area (Å²) in [6, 6.07) is 10.3. The van der Waals surface area contributed by atoms with Gasteiger partial charge in [0.15, 0.2) is 28.7 Å². The summed E-state index contributed by atoms with van der Waals surface area (Å²) in [5, 5.41) is 0. The van der Waals surface area contributed by atoms with Crippen LogP contribution >= 0.6 is 0 Å². The molecule has 0 N–H and O–H groups in total. The third-order valence-corrected chi connectivity index (χ3v) is 11.1. The Balaban J connectivity index is 1.48. The van der Waals surface area contributed by atoms with E-state index in [1.165, 1.54) is 12.1 Å². The fourth-order valence-corrected chi connectivity index (χ4v) is 7.83. The number of nitrogens with zero attached hydrogens (tertiary/aromatic N) is 2. The molecule has 436 valence electrons. The van der Waals surface area contributed by atoms with Crippen molar-refractivity contribution < 1.29 is 128 Å². The number of carbonyl (C=O) groups excluding carboxylic acids is 11. The SMILES string of the molecule is CC(=O)OCOC(=O)CN(CC(=O)OCOC(C)=O)c1ccc(C)cc1OCCOc1cc2c(cc1N(CC(=O)OCOC(C)=O)CC(=O)OCOC(C)=O)C(=O)OC21c2cc(F)c(OC(C)=O)cc2Oc2cc(OC(C)=O)c(F)cc21. The number of carbonyl (C=O) groups is 11. The van der Waals surface area contributed by atoms with Gasteiger partial charge in [0.1, 0.15) is 62.4 Å². The van der Waals surface area contributed by atoms with Gasteiger partial charge in [-0.15, -0.1) is 0 Å². The Morgan fingerprint density at radius 2 is 0.854 bits per heavy atom. The van der Waals surface area contributed by atoms with Gasteiger partial charge in [-0.2, -0.15) is 0 Å². The van der Waals surface area contributed by atoms with Crippen LogP contribution in [0.4, 0.5) is 20.2 Å². The molecule has 27 nitrogen and oxygen atoms in total. The maximum atomic E-state index is 16.1. The van der Waals surface area contributed by atoms with Crippen molar-refractivity contribution in [2.45, 2.75) is 54.1 Å². The number of esters is 11. The molecule has 0 saturated carbocycles. The zero-order valence-electron chi connectivity index (χ0n) is 44.6. The van der Waals surface area contributed by atoms with Crippen molar-refractivity contribution >= 4 is 77.0 Å². The second-order valence-electron chi connectivity index (χ2n) is 17.2. The topological polar surface area (TPSA) is 323 Å². The molecule has 6 rings (SSSR count). The number of fused-ring (bicyclic) bond motifs is 6. The molecule has 0 aliphatic carbocycles. The van der Waals surface area contributed by atoms with Crippen LogP contribution in [0.25, 0.3) is 0 Å². The first-order valence-electron chi connectivity index (χ1n) is 24.0. The van der Waals surface area contributed by atoms with Gasteiger partial charge in [0.05, 0.1) is 28.1 Å². The number of benzene rings is 4. The normalized spacial score (nSPS) is 12.0. The molecule has 0 amide bonds. The van der Waals surface area contributed by atoms with Gasteiger partial charge in [-0.05, 0) is 48.9 Å². The van der Waals surface area contributed by atoms with Crippen LogP contribution in [0.15, 0.2) is 54.6 Å². The summed E-state index contributed by atoms with van der Waals surface area (Å²) in [4.78, 5) is 139. The molecule has 4 aromatic carbocycles. The van der Waals surface area contributed by atoms with E-state index in [1.807, 2.05) is 0 Å². The van der Waals surface area contributed by atoms with Crippen LogP contribution < -0.4 is 33.5 Å². The highest BCUT2D eigenvalue weighted by Crippen LogP contribution is 2.59. The molecule has 0 aromatic heterocycles. The number of rotatable bonds is 25. The molecule has 1 spiro atoms. The lowest BCUT2D eigenvalue weighted by molar-refractivity contribution is -0.167. The van der Waals surface area contributed by atoms with Gasteiger partial charge < -0.3 is 76.1 Å². The first-order chi connectivity index (χ1) is 38.8. The van der Waals surface area contributed by atoms with E-state index in [2.05, 4.69) is 0 Å². The minimum Gasteiger partial charge on any atom is -0.488 e. The zero-order chi connectivity index (χ0) is 60.0. The molecule has 0 unspecified atom stereocenters. The number of halogens is 2. The van der Waals surface area contributed by atoms with Crippen LogP contribution in [0, 0.1) is 18.6 Å². The maximum absolute atomic E-state index is 16.1. The monoisotopic (exact) mass is 1150 g/mol. The standard InChI is InChI=1S/C53H50F2N2O25/c1-27-8-9-40(56(19-48(64)75-23-71-28(2)58)20-49(65)76-24-72-29(3)59)46(12-27)69-10-11-70-47-16-35-34(13-41(47)57(21-50(66)77-25-73-30(4)60)22-51(67)78-26-74-31(5)61)52(68)82-53(35)36-14-38(54)44(79-32(6)62)17-42(36)81-43-18-45(80-33(7)63)39(55)15-37(43)53/h8-9,12-18H,10-11,19-26H2,1-7H3. The fourth-order valence-electron chi connectivity index (χ4n) is 7.83. The van der Waals surface area contributed by atoms with Crippen LogP contribution in [0.5, 0.6) is 34.5 Å². The Morgan fingerprint density at radius 3 is 1.24 bits per heavy atom. The van der Waals surface area contributed by atoms with Crippen molar-refractivity contribution in [3.63, 3.8) is 0 Å². The maximum Gasteiger partial charge on any atom is 0.340 e. The fraction of sp³-hybridized carbons (Fsp3) is 0.340. The summed E-state index contributed by atoms with van der Waals surface area (Å²) >= 11 is 0. The Kier molecular flexibility index (Phi) is 20.3. The lowest BCUT2D eigenvalue weighted by Gasteiger charge is -2.37. The minimum absolute atomic E-state index is 0.00434. The lowest BCUT2D eigenvalue weighted by Crippen LogP contribution is -2.37. The molecule has 2 aliphatic rings. The van der Waals surface area contributed by atoms with E-state index in [-0.39, 0.29) is 56.6 Å². The second kappa shape index (κ2) is 27.2. The van der Waals surface area contributed by atoms with E-state index in [9.17, 15) is 52.7 Å². The van der Waals surface area contributed by atoms with Gasteiger partial charge in [0.25, 0.3) is 0 Å². The van der Waals surface area contributed by atoms with Crippen molar-refractivity contribution in [2.75, 3.05) is 76.4 Å². The molecule has 0 fully saturated rings. The average molecular weight is 1150 g/mol. The summed E-state index contributed by atoms with van der Waals surface area (Å²) in [5.74, 6) is -15.2. The predicted octanol–water partition coefficient (Wildman–Crippen LogP) is 4.02. The van der Waals surface area contributed by atoms with Gasteiger partial charge in [-0.1, -0.05) is 6.07 Å². The largest absolute Gasteiger partial charge is 0.488 e. The predicted molar refractivity (Wildman–Crippen MR) is 265 cm³/mol. The molecular weight excluding hydrogens is 1100 g/mol. The van der Waals surface area contributed by atoms with E-state index >= 15 is 8.78 Å². The molecule has 29 heteroatoms. The first kappa shape index (κ1) is 61.1. The van der Waals surface area contributed by atoms with Crippen molar-refractivity contribution in [1.29, 1.82) is 0 Å². The smallest absolute Gasteiger partial charge is 0.340 e. The van der Waals surface area contributed by atoms with Crippen molar-refractivity contribution in [1.82, 2.24) is 0 Å². The molecule has 82 heavy (non-hydrogen) atoms. The highest BCUT2D eigenvalue weighted by molar-refractivity contribution is 5.99. The molecule has 0 atom stereocenters. The van der Waals surface area contributed by atoms with Crippen LogP contribution in [0.2, 0.25) is 0 Å². The van der Waals surface area contributed by atoms with E-state index in [0.717, 1.165) is 87.7 Å². The molecule has 2 heterocycles. The summed E-state index contributed by atoms with van der Waals surface area (Å²) < 4.78 is 106. The van der Waals surface area contributed by atoms with E-state index in [4.69, 9.17) is 66.3 Å². The summed E-state index contributed by atoms with van der Waals surface area (Å²) in [6.07, 6.45) is 0. The lowest BCUT2D eigenvalue weighted by atomic mass is 9.77. The number of aryl methyl sites for hydroxylation is 1. The van der Waals surface area contributed by atoms with E-state index < -0.39 is 161 Å². The average Bonchev–Trinajstić information content (AvgIpc) is 1.51. The quantitative estimate of drug-likeness (QED) is 0.0297. The van der Waals surface area contributed by atoms with Gasteiger partial charge in [-0.3, -0.25) is 47.9 Å². The highest BCUT2D eigenvalue weighted by Gasteiger charge is 2.55. The number of hydrogen-bond acceptors (Lipinski definition) is 27. The Labute approximate surface area is 462 Å². The Morgan fingerprint density at radius 1 is 0.463 bits per heavy atom. The van der Waals surface area contributed by atoms with Crippen LogP contribution in [0.3, 0.4) is 0 Å². The van der Waals surface area contributed by atoms with Crippen LogP contribution in [-0.2, 0) is 96.2 Å². The van der Waals surface area contributed by atoms with Crippen LogP contribution in [-0.4, -0.2) is 132 Å². The zero-order valence-corrected chi connectivity index (χ0v) is 44.6. The van der Waals surface area contributed by atoms with Crippen molar-refractivity contribution in [2.24, 2.45) is 0 Å². The molecule has 4 aromatic rings. The van der Waals surface area contributed by atoms with E-state index in [0.29, 0.717) is 5.56 Å². The van der Waals surface area contributed by atoms with Gasteiger partial charge in [0, 0.05) is 59.2 Å². The number of hydrogen-bond donors (Lipinski definition) is 0.